The van der Waals surface area contributed by atoms with Crippen molar-refractivity contribution >= 4 is 0 Å². The number of hydrogen-bond acceptors (Lipinski definition) is 32. The normalized spacial score (nSPS) is 45.6. The fourth-order valence-corrected chi connectivity index (χ4v) is 8.63. The highest BCUT2D eigenvalue weighted by Crippen LogP contribution is 2.21. The molecule has 31 N–H and O–H groups in total. The second-order valence-electron chi connectivity index (χ2n) is 19.0. The molecule has 0 aliphatic carbocycles. The van der Waals surface area contributed by atoms with Gasteiger partial charge in [0.05, 0.1) is 156 Å². The summed E-state index contributed by atoms with van der Waals surface area (Å²) in [6, 6.07) is -4.63. The molecule has 0 aromatic heterocycles. The van der Waals surface area contributed by atoms with Crippen molar-refractivity contribution in [3.05, 3.63) is 0 Å². The molecule has 32 heteroatoms. The van der Waals surface area contributed by atoms with E-state index in [1.54, 1.807) is 0 Å². The summed E-state index contributed by atoms with van der Waals surface area (Å²) in [6.07, 6.45) is -19.2. The maximum atomic E-state index is 9.69. The average molecular weight is 1110 g/mol. The first kappa shape index (κ1) is 71.7. The quantitative estimate of drug-likeness (QED) is 0.0863. The molecule has 0 amide bonds. The van der Waals surface area contributed by atoms with E-state index >= 15 is 0 Å². The minimum Gasteiger partial charge on any atom is -0.395 e. The Hall–Kier alpha value is -1.28. The molecule has 0 spiro atoms. The van der Waals surface area contributed by atoms with E-state index in [1.165, 1.54) is 0 Å². The lowest BCUT2D eigenvalue weighted by Crippen LogP contribution is -2.66. The molecule has 26 atom stereocenters. The van der Waals surface area contributed by atoms with Gasteiger partial charge in [0.2, 0.25) is 0 Å². The molecule has 0 unspecified atom stereocenters. The highest BCUT2D eigenvalue weighted by Gasteiger charge is 2.45. The first-order valence-corrected chi connectivity index (χ1v) is 24.8. The van der Waals surface area contributed by atoms with Crippen molar-refractivity contribution in [2.75, 3.05) is 59.4 Å². The number of piperidine rings is 4. The van der Waals surface area contributed by atoms with Gasteiger partial charge in [-0.15, -0.1) is 0 Å². The molecule has 6 fully saturated rings. The fourth-order valence-electron chi connectivity index (χ4n) is 8.63. The lowest BCUT2D eigenvalue weighted by molar-refractivity contribution is -0.286. The van der Waals surface area contributed by atoms with Gasteiger partial charge in [0.25, 0.3) is 0 Å². The Kier molecular flexibility index (Phi) is 34.6. The maximum Gasteiger partial charge on any atom is 0.184 e. The van der Waals surface area contributed by atoms with Crippen LogP contribution in [0.5, 0.6) is 0 Å². The second-order valence-corrected chi connectivity index (χ2v) is 19.0. The summed E-state index contributed by atoms with van der Waals surface area (Å²) in [4.78, 5) is 0. The number of unbranched alkanes of at least 4 members (excludes halogenated alkanes) is 1. The Morgan fingerprint density at radius 1 is 0.320 bits per heavy atom. The Morgan fingerprint density at radius 3 is 0.920 bits per heavy atom. The van der Waals surface area contributed by atoms with Gasteiger partial charge in [-0.1, -0.05) is 26.7 Å². The molecule has 6 saturated heterocycles. The van der Waals surface area contributed by atoms with Gasteiger partial charge >= 0.3 is 0 Å². The molecular formula is C43H91N5O27. The third-order valence-corrected chi connectivity index (χ3v) is 13.8. The number of hydrogen-bond donors (Lipinski definition) is 31. The Morgan fingerprint density at radius 2 is 0.613 bits per heavy atom. The first-order valence-electron chi connectivity index (χ1n) is 24.8. The number of aliphatic hydroxyl groups excluding tert-OH is 26. The van der Waals surface area contributed by atoms with E-state index in [9.17, 15) is 61.3 Å². The SMILES string of the molecule is CCCC[C@@H]1N[C@H](CO)[C@H](O)[C@H](O)[C@H]1O.CC[C@H]1N[C@H](CO)[C@@H](O)[C@H]1O.OC[C@H]1NC[C@H](O)[C@@H](O)[C@H]1O.OC[C@H]1N[C@H](CO)[C@H](O)C(O)[C@H]1O.OC[C@H]1N[C@H](CO)[C@H](O)C(O)[C@H]1O.OC[C@H]1O[C@H](O)[C@H](O)[C@@H](O)[C@H]1O. The lowest BCUT2D eigenvalue weighted by Gasteiger charge is -2.41. The van der Waals surface area contributed by atoms with Gasteiger partial charge in [0.15, 0.2) is 6.29 Å². The standard InChI is InChI=1S/C10H21NO4.2C7H15NO5.C7H15NO3.C6H13NO4.C6H12O6/c1-2-3-4-6-8(13)10(15)9(14)7(5-12)11-6;2*9-1-3-5(11)7(13)6(12)4(2-10)8-3;1-2-4-6(10)7(11)5(3-9)8-4;8-2-3-5(10)6(11)4(9)1-7-3;7-1-2-3(8)4(9)5(10)6(11)12-2/h6-15H,2-5H2,1H3;2*3-13H,1-2H2;4-11H,2-3H2,1H3;3-11H,1-2H2;2-11H,1H2/t6-,7+,8-,9-,10+;2*3-,4-,5+,6+;4-,5-,6+,7-;3-,4+,5+,6-;2-,3+,4+,5-,6+/m011111/s1. The second kappa shape index (κ2) is 36.2. The third-order valence-electron chi connectivity index (χ3n) is 13.8. The van der Waals surface area contributed by atoms with Crippen LogP contribution >= 0.6 is 0 Å². The fraction of sp³-hybridized carbons (Fsp3) is 1.00. The summed E-state index contributed by atoms with van der Waals surface area (Å²) >= 11 is 0. The zero-order valence-electron chi connectivity index (χ0n) is 41.9. The number of β-amino-alcohol motifs (C(OH)–C–C–N with tert-alkyl or cyclic N) is 1. The number of ether oxygens (including phenoxy) is 1. The number of aliphatic hydroxyl groups is 26. The molecule has 0 radical (unpaired) electrons. The van der Waals surface area contributed by atoms with Crippen LogP contribution < -0.4 is 26.6 Å². The molecule has 32 nitrogen and oxygen atoms in total. The van der Waals surface area contributed by atoms with Crippen LogP contribution in [0.4, 0.5) is 0 Å². The highest BCUT2D eigenvalue weighted by molar-refractivity contribution is 5.01. The molecule has 6 heterocycles. The van der Waals surface area contributed by atoms with E-state index < -0.39 is 159 Å². The summed E-state index contributed by atoms with van der Waals surface area (Å²) in [5, 5.41) is 250. The third kappa shape index (κ3) is 20.3. The Balaban J connectivity index is 0.000000451. The Bertz CT molecular complexity index is 1370. The Labute approximate surface area is 433 Å². The van der Waals surface area contributed by atoms with E-state index in [0.29, 0.717) is 0 Å². The molecule has 0 aromatic carbocycles. The van der Waals surface area contributed by atoms with Crippen LogP contribution in [-0.2, 0) is 4.74 Å². The summed E-state index contributed by atoms with van der Waals surface area (Å²) in [5.41, 5.74) is 0. The maximum absolute atomic E-state index is 9.69. The van der Waals surface area contributed by atoms with Crippen LogP contribution in [-0.4, -0.2) is 363 Å². The molecule has 0 aromatic rings. The first-order chi connectivity index (χ1) is 35.3. The van der Waals surface area contributed by atoms with E-state index in [0.717, 1.165) is 25.7 Å². The molecule has 0 bridgehead atoms. The van der Waals surface area contributed by atoms with Crippen molar-refractivity contribution < 1.29 is 138 Å². The zero-order chi connectivity index (χ0) is 57.6. The lowest BCUT2D eigenvalue weighted by atomic mass is 9.88. The predicted molar refractivity (Wildman–Crippen MR) is 254 cm³/mol. The van der Waals surface area contributed by atoms with Crippen molar-refractivity contribution in [2.24, 2.45) is 0 Å². The average Bonchev–Trinajstić information content (AvgIpc) is 3.70. The van der Waals surface area contributed by atoms with Crippen molar-refractivity contribution in [3.8, 4) is 0 Å². The van der Waals surface area contributed by atoms with Crippen LogP contribution in [0, 0.1) is 0 Å². The molecule has 6 aliphatic heterocycles. The van der Waals surface area contributed by atoms with Crippen molar-refractivity contribution in [3.63, 3.8) is 0 Å². The van der Waals surface area contributed by atoms with E-state index in [1.807, 2.05) is 13.8 Å². The van der Waals surface area contributed by atoms with Crippen LogP contribution in [0.1, 0.15) is 39.5 Å². The zero-order valence-corrected chi connectivity index (χ0v) is 41.9. The molecule has 6 rings (SSSR count). The number of nitrogens with one attached hydrogen (secondary N) is 5. The topological polar surface area (TPSA) is 595 Å². The minimum absolute atomic E-state index is 0.0813. The highest BCUT2D eigenvalue weighted by atomic mass is 16.6. The van der Waals surface area contributed by atoms with Crippen molar-refractivity contribution in [2.45, 2.75) is 210 Å². The van der Waals surface area contributed by atoms with Crippen LogP contribution in [0.3, 0.4) is 0 Å². The summed E-state index contributed by atoms with van der Waals surface area (Å²) in [5.74, 6) is 0. The largest absolute Gasteiger partial charge is 0.395 e. The van der Waals surface area contributed by atoms with Gasteiger partial charge in [-0.25, -0.2) is 0 Å². The van der Waals surface area contributed by atoms with Crippen LogP contribution in [0.2, 0.25) is 0 Å². The van der Waals surface area contributed by atoms with Crippen LogP contribution in [0.25, 0.3) is 0 Å². The summed E-state index contributed by atoms with van der Waals surface area (Å²) < 4.78 is 4.58. The van der Waals surface area contributed by atoms with Crippen molar-refractivity contribution in [1.82, 2.24) is 26.6 Å². The smallest absolute Gasteiger partial charge is 0.184 e. The molecular weight excluding hydrogens is 1020 g/mol. The van der Waals surface area contributed by atoms with E-state index in [4.69, 9.17) is 71.5 Å². The van der Waals surface area contributed by atoms with Gasteiger partial charge < -0.3 is 164 Å². The molecule has 75 heavy (non-hydrogen) atoms. The van der Waals surface area contributed by atoms with Gasteiger partial charge in [0.1, 0.15) is 48.8 Å². The van der Waals surface area contributed by atoms with E-state index in [-0.39, 0.29) is 70.9 Å². The molecule has 450 valence electrons. The van der Waals surface area contributed by atoms with Crippen molar-refractivity contribution in [1.29, 1.82) is 0 Å². The van der Waals surface area contributed by atoms with Gasteiger partial charge in [-0.05, 0) is 12.8 Å². The van der Waals surface area contributed by atoms with Gasteiger partial charge in [-0.3, -0.25) is 0 Å². The number of rotatable bonds is 12. The monoisotopic (exact) mass is 1110 g/mol. The predicted octanol–water partition coefficient (Wildman–Crippen LogP) is -16.4. The summed E-state index contributed by atoms with van der Waals surface area (Å²) in [7, 11) is 0. The molecule has 6 aliphatic rings. The van der Waals surface area contributed by atoms with Crippen LogP contribution in [0.15, 0.2) is 0 Å². The van der Waals surface area contributed by atoms with E-state index in [2.05, 4.69) is 31.3 Å². The minimum atomic E-state index is -1.57. The summed E-state index contributed by atoms with van der Waals surface area (Å²) in [6.45, 7) is 1.59. The molecule has 0 saturated carbocycles. The van der Waals surface area contributed by atoms with Gasteiger partial charge in [0, 0.05) is 18.6 Å². The van der Waals surface area contributed by atoms with Gasteiger partial charge in [-0.2, -0.15) is 0 Å².